The van der Waals surface area contributed by atoms with E-state index in [-0.39, 0.29) is 29.9 Å². The lowest BCUT2D eigenvalue weighted by Crippen LogP contribution is -2.69. The van der Waals surface area contributed by atoms with Crippen molar-refractivity contribution in [2.24, 2.45) is 5.92 Å². The molecule has 6 rings (SSSR count). The second-order valence-corrected chi connectivity index (χ2v) is 10.2. The van der Waals surface area contributed by atoms with Gasteiger partial charge in [0.15, 0.2) is 0 Å². The molecule has 29 heavy (non-hydrogen) atoms. The van der Waals surface area contributed by atoms with Gasteiger partial charge < -0.3 is 10.1 Å². The van der Waals surface area contributed by atoms with Crippen molar-refractivity contribution in [3.05, 3.63) is 34.7 Å². The number of fused-ring (bicyclic) bond motifs is 4. The van der Waals surface area contributed by atoms with E-state index in [2.05, 4.69) is 48.3 Å². The van der Waals surface area contributed by atoms with Crippen molar-refractivity contribution in [2.45, 2.75) is 57.0 Å². The Bertz CT molecular complexity index is 882. The molecule has 4 saturated heterocycles. The number of ether oxygens (including phenoxy) is 1. The fraction of sp³-hybridized carbons (Fsp3) is 0.609. The standard InChI is InChI=1S/C23H30N2O2S.ClH/c1-23(2)21(16-6-10-25(23)11-7-16)24-22(26)19-14-17-4-3-5-18(20(17)28-19)15-8-12-27-13-9-15;/h3-5,14-16,21H,6-13H2,1-2H3,(H,24,26);1H. The Balaban J connectivity index is 0.00000205. The summed E-state index contributed by atoms with van der Waals surface area (Å²) in [5, 5.41) is 4.63. The Morgan fingerprint density at radius 3 is 2.59 bits per heavy atom. The van der Waals surface area contributed by atoms with Crippen LogP contribution in [0.25, 0.3) is 10.1 Å². The number of nitrogens with zero attached hydrogens (tertiary/aromatic N) is 1. The Morgan fingerprint density at radius 2 is 1.90 bits per heavy atom. The first-order valence-electron chi connectivity index (χ1n) is 10.7. The van der Waals surface area contributed by atoms with Crippen LogP contribution in [0.15, 0.2) is 24.3 Å². The monoisotopic (exact) mass is 434 g/mol. The van der Waals surface area contributed by atoms with E-state index in [0.29, 0.717) is 11.8 Å². The normalized spacial score (nSPS) is 28.8. The summed E-state index contributed by atoms with van der Waals surface area (Å²) < 4.78 is 6.83. The summed E-state index contributed by atoms with van der Waals surface area (Å²) in [6.07, 6.45) is 4.56. The van der Waals surface area contributed by atoms with Crippen LogP contribution >= 0.6 is 23.7 Å². The van der Waals surface area contributed by atoms with Crippen LogP contribution in [0.5, 0.6) is 0 Å². The van der Waals surface area contributed by atoms with Crippen LogP contribution in [0.4, 0.5) is 0 Å². The third kappa shape index (κ3) is 3.71. The highest BCUT2D eigenvalue weighted by Crippen LogP contribution is 2.40. The van der Waals surface area contributed by atoms with E-state index >= 15 is 0 Å². The predicted octanol–water partition coefficient (Wildman–Crippen LogP) is 4.82. The lowest BCUT2D eigenvalue weighted by molar-refractivity contribution is -0.0377. The van der Waals surface area contributed by atoms with E-state index in [1.54, 1.807) is 11.3 Å². The molecular formula is C23H31ClN2O2S. The quantitative estimate of drug-likeness (QED) is 0.752. The summed E-state index contributed by atoms with van der Waals surface area (Å²) >= 11 is 1.67. The second kappa shape index (κ2) is 8.18. The fourth-order valence-electron chi connectivity index (χ4n) is 5.62. The molecule has 4 aliphatic rings. The minimum absolute atomic E-state index is 0. The minimum atomic E-state index is 0. The molecule has 1 aromatic carbocycles. The van der Waals surface area contributed by atoms with Crippen molar-refractivity contribution >= 4 is 39.7 Å². The van der Waals surface area contributed by atoms with Gasteiger partial charge in [0.25, 0.3) is 5.91 Å². The van der Waals surface area contributed by atoms with Crippen LogP contribution in [-0.4, -0.2) is 48.7 Å². The van der Waals surface area contributed by atoms with Crippen molar-refractivity contribution in [3.8, 4) is 0 Å². The van der Waals surface area contributed by atoms with Crippen LogP contribution < -0.4 is 5.32 Å². The largest absolute Gasteiger partial charge is 0.381 e. The number of amides is 1. The third-order valence-corrected chi connectivity index (χ3v) is 8.53. The maximum atomic E-state index is 13.2. The van der Waals surface area contributed by atoms with Gasteiger partial charge in [-0.15, -0.1) is 23.7 Å². The predicted molar refractivity (Wildman–Crippen MR) is 121 cm³/mol. The van der Waals surface area contributed by atoms with Gasteiger partial charge in [0.05, 0.1) is 4.88 Å². The van der Waals surface area contributed by atoms with Crippen molar-refractivity contribution in [3.63, 3.8) is 0 Å². The lowest BCUT2D eigenvalue weighted by Gasteiger charge is -2.56. The molecule has 6 heteroatoms. The average molecular weight is 435 g/mol. The van der Waals surface area contributed by atoms with Crippen molar-refractivity contribution in [2.75, 3.05) is 26.3 Å². The molecule has 0 saturated carbocycles. The molecule has 0 aliphatic carbocycles. The molecule has 158 valence electrons. The van der Waals surface area contributed by atoms with Crippen molar-refractivity contribution in [1.82, 2.24) is 10.2 Å². The topological polar surface area (TPSA) is 41.6 Å². The van der Waals surface area contributed by atoms with Crippen LogP contribution in [-0.2, 0) is 4.74 Å². The molecule has 0 radical (unpaired) electrons. The molecule has 4 nitrogen and oxygen atoms in total. The number of benzene rings is 1. The summed E-state index contributed by atoms with van der Waals surface area (Å²) in [4.78, 5) is 16.6. The number of carbonyl (C=O) groups is 1. The number of nitrogens with one attached hydrogen (secondary N) is 1. The van der Waals surface area contributed by atoms with E-state index in [1.165, 1.54) is 41.6 Å². The van der Waals surface area contributed by atoms with Gasteiger partial charge >= 0.3 is 0 Å². The molecule has 1 amide bonds. The molecule has 2 aromatic rings. The molecule has 1 N–H and O–H groups in total. The molecule has 1 unspecified atom stereocenters. The first-order valence-corrected chi connectivity index (χ1v) is 11.5. The van der Waals surface area contributed by atoms with E-state index in [0.717, 1.165) is 30.9 Å². The maximum Gasteiger partial charge on any atom is 0.261 e. The highest BCUT2D eigenvalue weighted by Gasteiger charge is 2.48. The molecule has 5 heterocycles. The highest BCUT2D eigenvalue weighted by atomic mass is 35.5. The van der Waals surface area contributed by atoms with Crippen LogP contribution in [0.1, 0.15) is 60.7 Å². The van der Waals surface area contributed by atoms with E-state index in [9.17, 15) is 4.79 Å². The Kier molecular flexibility index (Phi) is 5.95. The SMILES string of the molecule is CC1(C)C(NC(=O)c2cc3cccc(C4CCOCC4)c3s2)C2CCN1CC2.Cl. The van der Waals surface area contributed by atoms with Gasteiger partial charge in [-0.25, -0.2) is 0 Å². The van der Waals surface area contributed by atoms with E-state index in [4.69, 9.17) is 4.74 Å². The first kappa shape index (κ1) is 21.1. The summed E-state index contributed by atoms with van der Waals surface area (Å²) in [5.41, 5.74) is 1.44. The lowest BCUT2D eigenvalue weighted by atomic mass is 9.72. The molecule has 4 fully saturated rings. The summed E-state index contributed by atoms with van der Waals surface area (Å²) in [6, 6.07) is 8.85. The van der Waals surface area contributed by atoms with Crippen molar-refractivity contribution in [1.29, 1.82) is 0 Å². The van der Waals surface area contributed by atoms with Gasteiger partial charge in [-0.2, -0.15) is 0 Å². The minimum Gasteiger partial charge on any atom is -0.381 e. The number of carbonyl (C=O) groups excluding carboxylic acids is 1. The maximum absolute atomic E-state index is 13.2. The first-order chi connectivity index (χ1) is 13.5. The van der Waals surface area contributed by atoms with Gasteiger partial charge in [0.2, 0.25) is 0 Å². The zero-order chi connectivity index (χ0) is 19.3. The second-order valence-electron chi connectivity index (χ2n) is 9.19. The molecule has 4 aliphatic heterocycles. The molecular weight excluding hydrogens is 404 g/mol. The number of piperidine rings is 3. The van der Waals surface area contributed by atoms with Gasteiger partial charge in [0.1, 0.15) is 0 Å². The van der Waals surface area contributed by atoms with Gasteiger partial charge in [-0.3, -0.25) is 9.69 Å². The molecule has 1 atom stereocenters. The Labute approximate surface area is 183 Å². The number of hydrogen-bond acceptors (Lipinski definition) is 4. The van der Waals surface area contributed by atoms with E-state index in [1.807, 2.05) is 0 Å². The van der Waals surface area contributed by atoms with Crippen LogP contribution in [0.3, 0.4) is 0 Å². The number of thiophene rings is 1. The summed E-state index contributed by atoms with van der Waals surface area (Å²) in [7, 11) is 0. The van der Waals surface area contributed by atoms with Gasteiger partial charge in [-0.05, 0) is 81.5 Å². The number of rotatable bonds is 3. The third-order valence-electron chi connectivity index (χ3n) is 7.33. The zero-order valence-corrected chi connectivity index (χ0v) is 18.9. The van der Waals surface area contributed by atoms with Crippen LogP contribution in [0.2, 0.25) is 0 Å². The van der Waals surface area contributed by atoms with Gasteiger partial charge in [-0.1, -0.05) is 18.2 Å². The van der Waals surface area contributed by atoms with Gasteiger partial charge in [0, 0.05) is 29.5 Å². The molecule has 0 spiro atoms. The molecule has 2 bridgehead atoms. The van der Waals surface area contributed by atoms with Crippen molar-refractivity contribution < 1.29 is 9.53 Å². The Hall–Kier alpha value is -1.14. The number of halogens is 1. The highest BCUT2D eigenvalue weighted by molar-refractivity contribution is 7.21. The Morgan fingerprint density at radius 1 is 1.17 bits per heavy atom. The van der Waals surface area contributed by atoms with E-state index < -0.39 is 0 Å². The zero-order valence-electron chi connectivity index (χ0n) is 17.3. The fourth-order valence-corrected chi connectivity index (χ4v) is 6.77. The van der Waals surface area contributed by atoms with Crippen LogP contribution in [0, 0.1) is 5.92 Å². The molecule has 1 aromatic heterocycles. The average Bonchev–Trinajstić information content (AvgIpc) is 3.16. The summed E-state index contributed by atoms with van der Waals surface area (Å²) in [6.45, 7) is 8.60. The summed E-state index contributed by atoms with van der Waals surface area (Å²) in [5.74, 6) is 1.26. The smallest absolute Gasteiger partial charge is 0.261 e. The number of hydrogen-bond donors (Lipinski definition) is 1.